The number of ether oxygens (including phenoxy) is 1. The first-order chi connectivity index (χ1) is 9.79. The molecular formula is C16H26N2OS. The van der Waals surface area contributed by atoms with Gasteiger partial charge in [0.1, 0.15) is 10.6 Å². The molecule has 0 amide bonds. The second kappa shape index (κ2) is 6.12. The van der Waals surface area contributed by atoms with Crippen molar-refractivity contribution in [1.82, 2.24) is 10.3 Å². The van der Waals surface area contributed by atoms with E-state index in [4.69, 9.17) is 9.72 Å². The van der Waals surface area contributed by atoms with Crippen LogP contribution in [-0.2, 0) is 16.9 Å². The molecule has 4 heteroatoms. The van der Waals surface area contributed by atoms with Crippen LogP contribution in [0.5, 0.6) is 0 Å². The lowest BCUT2D eigenvalue weighted by atomic mass is 9.85. The minimum atomic E-state index is -0.0863. The third-order valence-electron chi connectivity index (χ3n) is 4.67. The van der Waals surface area contributed by atoms with Gasteiger partial charge in [0.15, 0.2) is 0 Å². The number of methoxy groups -OCH3 is 1. The lowest BCUT2D eigenvalue weighted by molar-refractivity contribution is -0.0447. The van der Waals surface area contributed by atoms with Gasteiger partial charge in [0.2, 0.25) is 0 Å². The Morgan fingerprint density at radius 2 is 2.05 bits per heavy atom. The summed E-state index contributed by atoms with van der Waals surface area (Å²) in [5.41, 5.74) is 1.28. The Balaban J connectivity index is 1.88. The van der Waals surface area contributed by atoms with Crippen molar-refractivity contribution in [3.63, 3.8) is 0 Å². The Hall–Kier alpha value is -0.450. The van der Waals surface area contributed by atoms with E-state index in [1.165, 1.54) is 47.7 Å². The molecule has 0 spiro atoms. The number of rotatable bonds is 6. The van der Waals surface area contributed by atoms with E-state index in [0.29, 0.717) is 0 Å². The first-order valence-electron chi connectivity index (χ1n) is 8.05. The van der Waals surface area contributed by atoms with Gasteiger partial charge in [0.25, 0.3) is 0 Å². The summed E-state index contributed by atoms with van der Waals surface area (Å²) in [5, 5.41) is 4.71. The number of thiazole rings is 1. The molecule has 0 unspecified atom stereocenters. The van der Waals surface area contributed by atoms with Crippen molar-refractivity contribution in [3.05, 3.63) is 15.6 Å². The van der Waals surface area contributed by atoms with E-state index >= 15 is 0 Å². The van der Waals surface area contributed by atoms with Crippen LogP contribution < -0.4 is 5.32 Å². The summed E-state index contributed by atoms with van der Waals surface area (Å²) in [6.45, 7) is 4.16. The zero-order valence-corrected chi connectivity index (χ0v) is 13.5. The average Bonchev–Trinajstić information content (AvgIpc) is 3.25. The van der Waals surface area contributed by atoms with Gasteiger partial charge in [0.05, 0.1) is 5.69 Å². The third-order valence-corrected chi connectivity index (χ3v) is 5.93. The molecule has 0 aliphatic heterocycles. The molecule has 0 aromatic carbocycles. The first kappa shape index (κ1) is 14.5. The Labute approximate surface area is 126 Å². The van der Waals surface area contributed by atoms with Crippen LogP contribution in [0.1, 0.15) is 73.4 Å². The van der Waals surface area contributed by atoms with Crippen LogP contribution in [0.2, 0.25) is 0 Å². The maximum atomic E-state index is 5.97. The Bertz CT molecular complexity index is 447. The molecule has 2 saturated carbocycles. The number of aromatic nitrogens is 1. The molecule has 3 rings (SSSR count). The normalized spacial score (nSPS) is 22.1. The molecule has 1 heterocycles. The SMILES string of the molecule is CCNCc1sc(C2(OC)CCCCC2)nc1C1CC1. The van der Waals surface area contributed by atoms with Crippen molar-refractivity contribution in [2.24, 2.45) is 0 Å². The van der Waals surface area contributed by atoms with Crippen molar-refractivity contribution in [2.75, 3.05) is 13.7 Å². The summed E-state index contributed by atoms with van der Waals surface area (Å²) in [7, 11) is 1.87. The van der Waals surface area contributed by atoms with Gasteiger partial charge < -0.3 is 10.1 Å². The van der Waals surface area contributed by atoms with Gasteiger partial charge in [-0.05, 0) is 32.2 Å². The van der Waals surface area contributed by atoms with Crippen molar-refractivity contribution < 1.29 is 4.74 Å². The van der Waals surface area contributed by atoms with Crippen LogP contribution in [0.3, 0.4) is 0 Å². The average molecular weight is 294 g/mol. The van der Waals surface area contributed by atoms with E-state index in [-0.39, 0.29) is 5.60 Å². The van der Waals surface area contributed by atoms with E-state index in [2.05, 4.69) is 12.2 Å². The molecular weight excluding hydrogens is 268 g/mol. The van der Waals surface area contributed by atoms with E-state index in [1.807, 2.05) is 18.4 Å². The van der Waals surface area contributed by atoms with Gasteiger partial charge in [-0.25, -0.2) is 4.98 Å². The minimum absolute atomic E-state index is 0.0863. The monoisotopic (exact) mass is 294 g/mol. The molecule has 1 N–H and O–H groups in total. The largest absolute Gasteiger partial charge is 0.371 e. The molecule has 1 aromatic heterocycles. The molecule has 2 aliphatic carbocycles. The molecule has 2 aliphatic rings. The summed E-state index contributed by atoms with van der Waals surface area (Å²) in [6.07, 6.45) is 8.81. The van der Waals surface area contributed by atoms with Crippen LogP contribution in [-0.4, -0.2) is 18.6 Å². The summed E-state index contributed by atoms with van der Waals surface area (Å²) in [5.74, 6) is 0.728. The standard InChI is InChI=1S/C16H26N2OS/c1-3-17-11-13-14(12-7-8-12)18-15(20-13)16(19-2)9-5-4-6-10-16/h12,17H,3-11H2,1-2H3. The maximum Gasteiger partial charge on any atom is 0.125 e. The fourth-order valence-corrected chi connectivity index (χ4v) is 4.57. The van der Waals surface area contributed by atoms with Crippen molar-refractivity contribution in [1.29, 1.82) is 0 Å². The van der Waals surface area contributed by atoms with Crippen molar-refractivity contribution in [3.8, 4) is 0 Å². The highest BCUT2D eigenvalue weighted by atomic mass is 32.1. The predicted octanol–water partition coefficient (Wildman–Crippen LogP) is 3.94. The van der Waals surface area contributed by atoms with Gasteiger partial charge in [0, 0.05) is 24.4 Å². The molecule has 1 aromatic rings. The minimum Gasteiger partial charge on any atom is -0.371 e. The summed E-state index contributed by atoms with van der Waals surface area (Å²) in [6, 6.07) is 0. The van der Waals surface area contributed by atoms with Crippen LogP contribution in [0.4, 0.5) is 0 Å². The smallest absolute Gasteiger partial charge is 0.125 e. The highest BCUT2D eigenvalue weighted by Crippen LogP contribution is 2.47. The molecule has 0 radical (unpaired) electrons. The molecule has 0 bridgehead atoms. The van der Waals surface area contributed by atoms with E-state index in [0.717, 1.165) is 31.8 Å². The van der Waals surface area contributed by atoms with Crippen LogP contribution in [0.15, 0.2) is 0 Å². The predicted molar refractivity (Wildman–Crippen MR) is 83.2 cm³/mol. The molecule has 0 atom stereocenters. The number of hydrogen-bond donors (Lipinski definition) is 1. The van der Waals surface area contributed by atoms with Gasteiger partial charge in [-0.15, -0.1) is 11.3 Å². The van der Waals surface area contributed by atoms with Gasteiger partial charge >= 0.3 is 0 Å². The lowest BCUT2D eigenvalue weighted by Crippen LogP contribution is -2.30. The Morgan fingerprint density at radius 1 is 1.30 bits per heavy atom. The Kier molecular flexibility index (Phi) is 4.43. The third kappa shape index (κ3) is 2.78. The van der Waals surface area contributed by atoms with Gasteiger partial charge in [-0.2, -0.15) is 0 Å². The summed E-state index contributed by atoms with van der Waals surface area (Å²) < 4.78 is 5.97. The zero-order chi connectivity index (χ0) is 14.0. The highest BCUT2D eigenvalue weighted by Gasteiger charge is 2.39. The number of nitrogens with one attached hydrogen (secondary N) is 1. The quantitative estimate of drug-likeness (QED) is 0.863. The highest BCUT2D eigenvalue weighted by molar-refractivity contribution is 7.11. The number of hydrogen-bond acceptors (Lipinski definition) is 4. The molecule has 3 nitrogen and oxygen atoms in total. The fraction of sp³-hybridized carbons (Fsp3) is 0.812. The molecule has 20 heavy (non-hydrogen) atoms. The summed E-state index contributed by atoms with van der Waals surface area (Å²) >= 11 is 1.90. The van der Waals surface area contributed by atoms with E-state index in [1.54, 1.807) is 0 Å². The zero-order valence-electron chi connectivity index (χ0n) is 12.7. The maximum absolute atomic E-state index is 5.97. The second-order valence-electron chi connectivity index (χ2n) is 6.14. The van der Waals surface area contributed by atoms with Crippen molar-refractivity contribution >= 4 is 11.3 Å². The molecule has 2 fully saturated rings. The number of nitrogens with zero attached hydrogens (tertiary/aromatic N) is 1. The van der Waals surface area contributed by atoms with Crippen molar-refractivity contribution in [2.45, 2.75) is 69.9 Å². The van der Waals surface area contributed by atoms with E-state index < -0.39 is 0 Å². The second-order valence-corrected chi connectivity index (χ2v) is 7.22. The molecule has 0 saturated heterocycles. The van der Waals surface area contributed by atoms with Gasteiger partial charge in [-0.1, -0.05) is 26.2 Å². The van der Waals surface area contributed by atoms with Gasteiger partial charge in [-0.3, -0.25) is 0 Å². The lowest BCUT2D eigenvalue weighted by Gasteiger charge is -2.34. The first-order valence-corrected chi connectivity index (χ1v) is 8.86. The van der Waals surface area contributed by atoms with Crippen LogP contribution in [0, 0.1) is 0 Å². The fourth-order valence-electron chi connectivity index (χ4n) is 3.23. The van der Waals surface area contributed by atoms with E-state index in [9.17, 15) is 0 Å². The van der Waals surface area contributed by atoms with Crippen LogP contribution >= 0.6 is 11.3 Å². The Morgan fingerprint density at radius 3 is 2.65 bits per heavy atom. The summed E-state index contributed by atoms with van der Waals surface area (Å²) in [4.78, 5) is 6.50. The topological polar surface area (TPSA) is 34.1 Å². The molecule has 112 valence electrons. The van der Waals surface area contributed by atoms with Crippen LogP contribution in [0.25, 0.3) is 0 Å².